The first-order chi connectivity index (χ1) is 8.38. The maximum absolute atomic E-state index is 11.3. The first-order valence-electron chi connectivity index (χ1n) is 5.22. The summed E-state index contributed by atoms with van der Waals surface area (Å²) in [5.41, 5.74) is -1.48. The van der Waals surface area contributed by atoms with Gasteiger partial charge in [0.25, 0.3) is 0 Å². The van der Waals surface area contributed by atoms with Crippen molar-refractivity contribution < 1.29 is 29.7 Å². The van der Waals surface area contributed by atoms with Crippen molar-refractivity contribution in [1.29, 1.82) is 0 Å². The van der Waals surface area contributed by atoms with Gasteiger partial charge < -0.3 is 20.2 Å². The van der Waals surface area contributed by atoms with Crippen molar-refractivity contribution in [1.82, 2.24) is 4.90 Å². The minimum atomic E-state index is -1.48. The number of aliphatic carboxylic acids is 3. The van der Waals surface area contributed by atoms with Crippen LogP contribution in [0.5, 0.6) is 0 Å². The van der Waals surface area contributed by atoms with Crippen molar-refractivity contribution in [3.63, 3.8) is 0 Å². The van der Waals surface area contributed by atoms with E-state index in [0.717, 1.165) is 24.4 Å². The van der Waals surface area contributed by atoms with E-state index in [1.807, 2.05) is 0 Å². The molecule has 1 aliphatic heterocycles. The van der Waals surface area contributed by atoms with Gasteiger partial charge in [0.2, 0.25) is 0 Å². The van der Waals surface area contributed by atoms with E-state index in [1.54, 1.807) is 0 Å². The van der Waals surface area contributed by atoms with Gasteiger partial charge in [-0.3, -0.25) is 0 Å². The number of carboxylic acids is 3. The van der Waals surface area contributed by atoms with E-state index in [1.165, 1.54) is 4.90 Å². The summed E-state index contributed by atoms with van der Waals surface area (Å²) in [6.07, 6.45) is 4.61. The van der Waals surface area contributed by atoms with Gasteiger partial charge in [-0.1, -0.05) is 0 Å². The molecule has 1 fully saturated rings. The molecule has 7 heteroatoms. The first kappa shape index (κ1) is 13.8. The van der Waals surface area contributed by atoms with Gasteiger partial charge in [-0.25, -0.2) is 14.4 Å². The van der Waals surface area contributed by atoms with Crippen molar-refractivity contribution in [2.75, 3.05) is 6.54 Å². The number of carboxylic acid groups (broad SMARTS) is 3. The molecule has 3 N–H and O–H groups in total. The minimum absolute atomic E-state index is 0.232. The zero-order chi connectivity index (χ0) is 13.8. The second-order valence-corrected chi connectivity index (χ2v) is 3.85. The smallest absolute Gasteiger partial charge is 0.333 e. The lowest BCUT2D eigenvalue weighted by molar-refractivity contribution is -0.145. The molecule has 1 aliphatic rings. The highest BCUT2D eigenvalue weighted by molar-refractivity contribution is 5.86. The van der Waals surface area contributed by atoms with Crippen LogP contribution < -0.4 is 0 Å². The van der Waals surface area contributed by atoms with Crippen LogP contribution in [0.15, 0.2) is 24.4 Å². The Morgan fingerprint density at radius 2 is 1.67 bits per heavy atom. The fourth-order valence-electron chi connectivity index (χ4n) is 1.91. The molecule has 0 aliphatic carbocycles. The lowest BCUT2D eigenvalue weighted by atomic mass is 9.95. The van der Waals surface area contributed by atoms with E-state index >= 15 is 0 Å². The second kappa shape index (κ2) is 5.35. The third-order valence-corrected chi connectivity index (χ3v) is 2.74. The van der Waals surface area contributed by atoms with E-state index in [4.69, 9.17) is 10.2 Å². The summed E-state index contributed by atoms with van der Waals surface area (Å²) < 4.78 is 0. The summed E-state index contributed by atoms with van der Waals surface area (Å²) in [5, 5.41) is 26.3. The standard InChI is InChI=1S/C11H13NO6/c13-8(14)2-5-11(10(17)18)4-1-6-12(11)7-3-9(15)16/h2-3,5,7H,1,4,6H2,(H,13,14)(H,15,16)(H,17,18)/t11-/m1/s1. The van der Waals surface area contributed by atoms with Gasteiger partial charge in [-0.15, -0.1) is 0 Å². The molecule has 1 saturated heterocycles. The largest absolute Gasteiger partial charge is 0.479 e. The maximum Gasteiger partial charge on any atom is 0.333 e. The van der Waals surface area contributed by atoms with Gasteiger partial charge in [0.05, 0.1) is 0 Å². The Kier molecular flexibility index (Phi) is 4.09. The lowest BCUT2D eigenvalue weighted by Crippen LogP contribution is -2.46. The van der Waals surface area contributed by atoms with E-state index in [0.29, 0.717) is 13.0 Å². The van der Waals surface area contributed by atoms with Crippen LogP contribution in [-0.4, -0.2) is 50.2 Å². The lowest BCUT2D eigenvalue weighted by Gasteiger charge is -2.30. The molecular weight excluding hydrogens is 242 g/mol. The van der Waals surface area contributed by atoms with Crippen LogP contribution >= 0.6 is 0 Å². The highest BCUT2D eigenvalue weighted by Gasteiger charge is 2.44. The SMILES string of the molecule is O=C(O)C=CN1CCC[C@@]1(C=CC(=O)O)C(=O)O. The average Bonchev–Trinajstić information content (AvgIpc) is 2.67. The summed E-state index contributed by atoms with van der Waals surface area (Å²) in [6, 6.07) is 0. The van der Waals surface area contributed by atoms with Crippen molar-refractivity contribution in [3.05, 3.63) is 24.4 Å². The molecule has 0 saturated carbocycles. The van der Waals surface area contributed by atoms with Crippen molar-refractivity contribution in [3.8, 4) is 0 Å². The molecule has 0 amide bonds. The van der Waals surface area contributed by atoms with Gasteiger partial charge in [0, 0.05) is 24.9 Å². The Bertz CT molecular complexity index is 427. The average molecular weight is 255 g/mol. The minimum Gasteiger partial charge on any atom is -0.479 e. The van der Waals surface area contributed by atoms with Crippen LogP contribution in [0.3, 0.4) is 0 Å². The van der Waals surface area contributed by atoms with Crippen LogP contribution in [0, 0.1) is 0 Å². The van der Waals surface area contributed by atoms with E-state index in [9.17, 15) is 19.5 Å². The topological polar surface area (TPSA) is 115 Å². The molecule has 7 nitrogen and oxygen atoms in total. The summed E-state index contributed by atoms with van der Waals surface area (Å²) in [7, 11) is 0. The first-order valence-corrected chi connectivity index (χ1v) is 5.22. The fourth-order valence-corrected chi connectivity index (χ4v) is 1.91. The normalized spacial score (nSPS) is 23.9. The molecule has 0 radical (unpaired) electrons. The van der Waals surface area contributed by atoms with Crippen molar-refractivity contribution in [2.45, 2.75) is 18.4 Å². The van der Waals surface area contributed by atoms with Crippen molar-refractivity contribution in [2.24, 2.45) is 0 Å². The fraction of sp³-hybridized carbons (Fsp3) is 0.364. The van der Waals surface area contributed by atoms with Crippen molar-refractivity contribution >= 4 is 17.9 Å². The summed E-state index contributed by atoms with van der Waals surface area (Å²) in [5.74, 6) is -3.64. The predicted octanol–water partition coefficient (Wildman–Crippen LogP) is 0.145. The third kappa shape index (κ3) is 2.88. The third-order valence-electron chi connectivity index (χ3n) is 2.74. The van der Waals surface area contributed by atoms with Gasteiger partial charge >= 0.3 is 17.9 Å². The van der Waals surface area contributed by atoms with E-state index < -0.39 is 23.4 Å². The number of carbonyl (C=O) groups is 3. The molecule has 0 aromatic heterocycles. The van der Waals surface area contributed by atoms with Crippen LogP contribution in [0.2, 0.25) is 0 Å². The van der Waals surface area contributed by atoms with Crippen LogP contribution in [-0.2, 0) is 14.4 Å². The van der Waals surface area contributed by atoms with Gasteiger partial charge in [-0.05, 0) is 18.9 Å². The van der Waals surface area contributed by atoms with Crippen LogP contribution in [0.25, 0.3) is 0 Å². The Morgan fingerprint density at radius 1 is 1.06 bits per heavy atom. The summed E-state index contributed by atoms with van der Waals surface area (Å²) >= 11 is 0. The zero-order valence-electron chi connectivity index (χ0n) is 9.44. The number of hydrogen-bond acceptors (Lipinski definition) is 4. The van der Waals surface area contributed by atoms with Gasteiger partial charge in [0.1, 0.15) is 0 Å². The number of rotatable bonds is 5. The molecule has 0 bridgehead atoms. The Balaban J connectivity index is 3.05. The molecule has 0 spiro atoms. The molecule has 1 rings (SSSR count). The van der Waals surface area contributed by atoms with E-state index in [2.05, 4.69) is 0 Å². The highest BCUT2D eigenvalue weighted by atomic mass is 16.4. The molecular formula is C11H13NO6. The monoisotopic (exact) mass is 255 g/mol. The van der Waals surface area contributed by atoms with Crippen LogP contribution in [0.1, 0.15) is 12.8 Å². The Morgan fingerprint density at radius 3 is 2.17 bits per heavy atom. The Labute approximate surface area is 103 Å². The van der Waals surface area contributed by atoms with Crippen LogP contribution in [0.4, 0.5) is 0 Å². The second-order valence-electron chi connectivity index (χ2n) is 3.85. The van der Waals surface area contributed by atoms with E-state index in [-0.39, 0.29) is 6.42 Å². The molecule has 0 aromatic carbocycles. The number of nitrogens with zero attached hydrogens (tertiary/aromatic N) is 1. The molecule has 1 atom stereocenters. The molecule has 0 aromatic rings. The number of likely N-dealkylation sites (tertiary alicyclic amines) is 1. The van der Waals surface area contributed by atoms with Gasteiger partial charge in [0.15, 0.2) is 5.54 Å². The maximum atomic E-state index is 11.3. The molecule has 98 valence electrons. The quantitative estimate of drug-likeness (QED) is 0.598. The Hall–Kier alpha value is -2.31. The molecule has 1 heterocycles. The molecule has 18 heavy (non-hydrogen) atoms. The number of hydrogen-bond donors (Lipinski definition) is 3. The molecule has 0 unspecified atom stereocenters. The summed E-state index contributed by atoms with van der Waals surface area (Å²) in [4.78, 5) is 33.6. The zero-order valence-corrected chi connectivity index (χ0v) is 9.44. The highest BCUT2D eigenvalue weighted by Crippen LogP contribution is 2.31. The summed E-state index contributed by atoms with van der Waals surface area (Å²) in [6.45, 7) is 0.361. The predicted molar refractivity (Wildman–Crippen MR) is 59.9 cm³/mol. The van der Waals surface area contributed by atoms with Gasteiger partial charge in [-0.2, -0.15) is 0 Å².